The van der Waals surface area contributed by atoms with E-state index in [0.29, 0.717) is 31.6 Å². The molecule has 0 bridgehead atoms. The molecule has 1 fully saturated rings. The van der Waals surface area contributed by atoms with Gasteiger partial charge in [-0.25, -0.2) is 0 Å². The summed E-state index contributed by atoms with van der Waals surface area (Å²) >= 11 is 1.65. The summed E-state index contributed by atoms with van der Waals surface area (Å²) in [6.07, 6.45) is 3.07. The van der Waals surface area contributed by atoms with Crippen molar-refractivity contribution in [1.82, 2.24) is 9.47 Å². The number of thiophene rings is 1. The average molecular weight is 362 g/mol. The van der Waals surface area contributed by atoms with Crippen molar-refractivity contribution >= 4 is 23.2 Å². The second-order valence-corrected chi connectivity index (χ2v) is 7.48. The Labute approximate surface area is 150 Å². The fourth-order valence-corrected chi connectivity index (χ4v) is 4.12. The minimum Gasteiger partial charge on any atom is -0.481 e. The second-order valence-electron chi connectivity index (χ2n) is 6.45. The van der Waals surface area contributed by atoms with E-state index in [9.17, 15) is 14.7 Å². The first-order chi connectivity index (χ1) is 12.1. The lowest BCUT2D eigenvalue weighted by atomic mass is 9.80. The lowest BCUT2D eigenvalue weighted by Gasteiger charge is -2.39. The molecule has 3 rings (SSSR count). The van der Waals surface area contributed by atoms with Crippen molar-refractivity contribution in [2.45, 2.75) is 19.4 Å². The number of amides is 1. The van der Waals surface area contributed by atoms with Crippen LogP contribution in [0.2, 0.25) is 0 Å². The van der Waals surface area contributed by atoms with Gasteiger partial charge in [-0.05, 0) is 36.4 Å². The molecule has 0 aromatic carbocycles. The van der Waals surface area contributed by atoms with E-state index >= 15 is 0 Å². The molecule has 1 aliphatic rings. The molecule has 0 radical (unpaired) electrons. The Kier molecular flexibility index (Phi) is 5.24. The SMILES string of the molecule is COCC1(C(=O)O)CCCN(C(=O)c2cccn2Cc2cccs2)C1. The third kappa shape index (κ3) is 3.62. The molecule has 1 amide bonds. The minimum atomic E-state index is -1.02. The highest BCUT2D eigenvalue weighted by Gasteiger charge is 2.44. The van der Waals surface area contributed by atoms with Crippen LogP contribution in [0.4, 0.5) is 0 Å². The standard InChI is InChI=1S/C18H22N2O4S/c1-24-13-18(17(22)23)7-4-9-20(12-18)16(21)15-6-2-8-19(15)11-14-5-3-10-25-14/h2-3,5-6,8,10H,4,7,9,11-13H2,1H3,(H,22,23). The molecule has 1 aliphatic heterocycles. The second kappa shape index (κ2) is 7.41. The topological polar surface area (TPSA) is 71.8 Å². The van der Waals surface area contributed by atoms with Crippen LogP contribution in [-0.4, -0.2) is 53.3 Å². The van der Waals surface area contributed by atoms with E-state index in [2.05, 4.69) is 0 Å². The Balaban J connectivity index is 1.79. The van der Waals surface area contributed by atoms with Crippen molar-refractivity contribution in [3.8, 4) is 0 Å². The van der Waals surface area contributed by atoms with Gasteiger partial charge >= 0.3 is 5.97 Å². The van der Waals surface area contributed by atoms with Gasteiger partial charge in [-0.2, -0.15) is 0 Å². The average Bonchev–Trinajstić information content (AvgIpc) is 3.27. The van der Waals surface area contributed by atoms with E-state index in [1.54, 1.807) is 22.3 Å². The van der Waals surface area contributed by atoms with Crippen LogP contribution in [0, 0.1) is 5.41 Å². The number of aliphatic carboxylic acids is 1. The number of likely N-dealkylation sites (tertiary alicyclic amines) is 1. The summed E-state index contributed by atoms with van der Waals surface area (Å²) in [5.41, 5.74) is -0.430. The first-order valence-electron chi connectivity index (χ1n) is 8.25. The predicted octanol–water partition coefficient (Wildman–Crippen LogP) is 2.55. The summed E-state index contributed by atoms with van der Waals surface area (Å²) in [7, 11) is 1.50. The maximum Gasteiger partial charge on any atom is 0.313 e. The smallest absolute Gasteiger partial charge is 0.313 e. The van der Waals surface area contributed by atoms with Crippen LogP contribution in [0.15, 0.2) is 35.8 Å². The number of hydrogen-bond acceptors (Lipinski definition) is 4. The first kappa shape index (κ1) is 17.7. The quantitative estimate of drug-likeness (QED) is 0.857. The summed E-state index contributed by atoms with van der Waals surface area (Å²) in [5.74, 6) is -1.02. The van der Waals surface area contributed by atoms with Gasteiger partial charge in [0.05, 0.1) is 13.2 Å². The van der Waals surface area contributed by atoms with Crippen molar-refractivity contribution in [3.05, 3.63) is 46.4 Å². The normalized spacial score (nSPS) is 20.6. The fourth-order valence-electron chi connectivity index (χ4n) is 3.41. The third-order valence-corrected chi connectivity index (χ3v) is 5.55. The zero-order valence-corrected chi connectivity index (χ0v) is 15.0. The molecule has 134 valence electrons. The number of piperidine rings is 1. The third-order valence-electron chi connectivity index (χ3n) is 4.69. The Hall–Kier alpha value is -2.12. The Bertz CT molecular complexity index is 736. The number of methoxy groups -OCH3 is 1. The number of carbonyl (C=O) groups excluding carboxylic acids is 1. The van der Waals surface area contributed by atoms with Crippen LogP contribution in [0.3, 0.4) is 0 Å². The molecule has 0 aliphatic carbocycles. The number of carbonyl (C=O) groups is 2. The van der Waals surface area contributed by atoms with Crippen LogP contribution >= 0.6 is 11.3 Å². The van der Waals surface area contributed by atoms with E-state index in [1.807, 2.05) is 34.3 Å². The van der Waals surface area contributed by atoms with Gasteiger partial charge in [-0.3, -0.25) is 9.59 Å². The molecule has 2 aromatic rings. The molecule has 1 atom stereocenters. The fraction of sp³-hybridized carbons (Fsp3) is 0.444. The summed E-state index contributed by atoms with van der Waals surface area (Å²) < 4.78 is 7.05. The maximum atomic E-state index is 13.0. The lowest BCUT2D eigenvalue weighted by molar-refractivity contribution is -0.155. The van der Waals surface area contributed by atoms with Gasteiger partial charge < -0.3 is 19.3 Å². The van der Waals surface area contributed by atoms with Gasteiger partial charge in [0.1, 0.15) is 11.1 Å². The molecule has 1 N–H and O–H groups in total. The maximum absolute atomic E-state index is 13.0. The molecule has 2 aromatic heterocycles. The van der Waals surface area contributed by atoms with E-state index < -0.39 is 11.4 Å². The number of hydrogen-bond donors (Lipinski definition) is 1. The molecule has 25 heavy (non-hydrogen) atoms. The number of ether oxygens (including phenoxy) is 1. The summed E-state index contributed by atoms with van der Waals surface area (Å²) in [5, 5.41) is 11.7. The monoisotopic (exact) mass is 362 g/mol. The molecular weight excluding hydrogens is 340 g/mol. The van der Waals surface area contributed by atoms with Crippen molar-refractivity contribution in [3.63, 3.8) is 0 Å². The van der Waals surface area contributed by atoms with Crippen molar-refractivity contribution in [1.29, 1.82) is 0 Å². The van der Waals surface area contributed by atoms with Gasteiger partial charge in [0.15, 0.2) is 0 Å². The summed E-state index contributed by atoms with van der Waals surface area (Å²) in [6, 6.07) is 7.67. The van der Waals surface area contributed by atoms with E-state index in [4.69, 9.17) is 4.74 Å². The molecule has 6 nitrogen and oxygen atoms in total. The highest BCUT2D eigenvalue weighted by atomic mass is 32.1. The van der Waals surface area contributed by atoms with E-state index in [1.165, 1.54) is 12.0 Å². The van der Waals surface area contributed by atoms with E-state index in [0.717, 1.165) is 0 Å². The molecule has 7 heteroatoms. The van der Waals surface area contributed by atoms with Crippen LogP contribution in [0.25, 0.3) is 0 Å². The first-order valence-corrected chi connectivity index (χ1v) is 9.13. The highest BCUT2D eigenvalue weighted by molar-refractivity contribution is 7.09. The minimum absolute atomic E-state index is 0.113. The number of carboxylic acid groups (broad SMARTS) is 1. The zero-order valence-electron chi connectivity index (χ0n) is 14.2. The number of rotatable bonds is 6. The predicted molar refractivity (Wildman–Crippen MR) is 94.9 cm³/mol. The lowest BCUT2D eigenvalue weighted by Crippen LogP contribution is -2.52. The summed E-state index contributed by atoms with van der Waals surface area (Å²) in [6.45, 7) is 1.50. The van der Waals surface area contributed by atoms with Crippen LogP contribution < -0.4 is 0 Å². The van der Waals surface area contributed by atoms with Gasteiger partial charge in [-0.1, -0.05) is 6.07 Å². The van der Waals surface area contributed by atoms with Crippen molar-refractivity contribution in [2.75, 3.05) is 26.8 Å². The molecular formula is C18H22N2O4S. The number of carboxylic acids is 1. The van der Waals surface area contributed by atoms with Crippen LogP contribution in [-0.2, 0) is 16.1 Å². The van der Waals surface area contributed by atoms with E-state index in [-0.39, 0.29) is 19.1 Å². The Morgan fingerprint density at radius 2 is 2.20 bits per heavy atom. The van der Waals surface area contributed by atoms with Crippen molar-refractivity contribution < 1.29 is 19.4 Å². The number of nitrogens with zero attached hydrogens (tertiary/aromatic N) is 2. The molecule has 1 saturated heterocycles. The Morgan fingerprint density at radius 3 is 2.88 bits per heavy atom. The van der Waals surface area contributed by atoms with Crippen LogP contribution in [0.1, 0.15) is 28.2 Å². The van der Waals surface area contributed by atoms with Gasteiger partial charge in [0.2, 0.25) is 0 Å². The van der Waals surface area contributed by atoms with Gasteiger partial charge in [0.25, 0.3) is 5.91 Å². The highest BCUT2D eigenvalue weighted by Crippen LogP contribution is 2.31. The molecule has 0 spiro atoms. The molecule has 1 unspecified atom stereocenters. The summed E-state index contributed by atoms with van der Waals surface area (Å²) in [4.78, 5) is 27.6. The molecule has 3 heterocycles. The zero-order chi connectivity index (χ0) is 17.9. The Morgan fingerprint density at radius 1 is 1.36 bits per heavy atom. The number of aromatic nitrogens is 1. The van der Waals surface area contributed by atoms with Crippen molar-refractivity contribution in [2.24, 2.45) is 5.41 Å². The molecule has 0 saturated carbocycles. The largest absolute Gasteiger partial charge is 0.481 e. The van der Waals surface area contributed by atoms with Gasteiger partial charge in [-0.15, -0.1) is 11.3 Å². The van der Waals surface area contributed by atoms with Gasteiger partial charge in [0, 0.05) is 31.3 Å². The van der Waals surface area contributed by atoms with Crippen LogP contribution in [0.5, 0.6) is 0 Å².